The Morgan fingerprint density at radius 2 is 1.36 bits per heavy atom. The first-order chi connectivity index (χ1) is 13.4. The Balaban J connectivity index is 2.64. The number of ether oxygens (including phenoxy) is 4. The first-order valence-electron chi connectivity index (χ1n) is 8.97. The van der Waals surface area contributed by atoms with Crippen LogP contribution in [0.2, 0.25) is 0 Å². The molecule has 2 aromatic carbocycles. The molecular weight excluding hydrogens is 360 g/mol. The Morgan fingerprint density at radius 3 is 1.89 bits per heavy atom. The fraction of sp³-hybridized carbons (Fsp3) is 0.364. The molecule has 0 heterocycles. The Morgan fingerprint density at radius 1 is 0.821 bits per heavy atom. The van der Waals surface area contributed by atoms with E-state index in [0.29, 0.717) is 46.1 Å². The van der Waals surface area contributed by atoms with E-state index in [2.05, 4.69) is 0 Å². The molecule has 6 heteroatoms. The highest BCUT2D eigenvalue weighted by atomic mass is 16.5. The molecule has 0 aliphatic carbocycles. The normalized spacial score (nSPS) is 11.5. The van der Waals surface area contributed by atoms with Gasteiger partial charge >= 0.3 is 0 Å². The van der Waals surface area contributed by atoms with Crippen molar-refractivity contribution in [3.8, 4) is 23.0 Å². The zero-order valence-electron chi connectivity index (χ0n) is 17.1. The van der Waals surface area contributed by atoms with E-state index in [9.17, 15) is 9.59 Å². The Bertz CT molecular complexity index is 872. The molecule has 1 unspecified atom stereocenters. The van der Waals surface area contributed by atoms with E-state index in [4.69, 9.17) is 18.9 Å². The van der Waals surface area contributed by atoms with Gasteiger partial charge in [0.05, 0.1) is 28.4 Å². The van der Waals surface area contributed by atoms with Gasteiger partial charge in [-0.05, 0) is 35.9 Å². The number of methoxy groups -OCH3 is 4. The quantitative estimate of drug-likeness (QED) is 0.606. The Labute approximate surface area is 165 Å². The maximum atomic E-state index is 13.3. The smallest absolute Gasteiger partial charge is 0.193 e. The van der Waals surface area contributed by atoms with Crippen molar-refractivity contribution in [3.05, 3.63) is 47.0 Å². The van der Waals surface area contributed by atoms with Crippen LogP contribution in [0.3, 0.4) is 0 Å². The van der Waals surface area contributed by atoms with Gasteiger partial charge in [-0.15, -0.1) is 0 Å². The molecule has 0 aliphatic rings. The molecule has 1 atom stereocenters. The maximum Gasteiger partial charge on any atom is 0.193 e. The van der Waals surface area contributed by atoms with Gasteiger partial charge in [-0.2, -0.15) is 0 Å². The molecule has 150 valence electrons. The summed E-state index contributed by atoms with van der Waals surface area (Å²) in [6, 6.07) is 8.27. The van der Waals surface area contributed by atoms with Crippen LogP contribution in [0, 0.1) is 0 Å². The highest BCUT2D eigenvalue weighted by molar-refractivity contribution is 6.11. The predicted octanol–water partition coefficient (Wildman–Crippen LogP) is 4.03. The topological polar surface area (TPSA) is 71.1 Å². The van der Waals surface area contributed by atoms with Gasteiger partial charge in [0.25, 0.3) is 0 Å². The largest absolute Gasteiger partial charge is 0.493 e. The van der Waals surface area contributed by atoms with E-state index in [1.165, 1.54) is 28.4 Å². The van der Waals surface area contributed by atoms with Crippen molar-refractivity contribution >= 4 is 11.6 Å². The molecule has 6 nitrogen and oxygen atoms in total. The van der Waals surface area contributed by atoms with Crippen molar-refractivity contribution in [2.75, 3.05) is 28.4 Å². The van der Waals surface area contributed by atoms with E-state index in [0.717, 1.165) is 0 Å². The van der Waals surface area contributed by atoms with E-state index in [1.54, 1.807) is 44.2 Å². The van der Waals surface area contributed by atoms with Gasteiger partial charge in [0.1, 0.15) is 5.78 Å². The molecule has 0 saturated heterocycles. The predicted molar refractivity (Wildman–Crippen MR) is 106 cm³/mol. The van der Waals surface area contributed by atoms with E-state index >= 15 is 0 Å². The summed E-state index contributed by atoms with van der Waals surface area (Å²) in [4.78, 5) is 25.7. The highest BCUT2D eigenvalue weighted by Gasteiger charge is 2.25. The second-order valence-corrected chi connectivity index (χ2v) is 6.23. The summed E-state index contributed by atoms with van der Waals surface area (Å²) >= 11 is 0. The lowest BCUT2D eigenvalue weighted by Crippen LogP contribution is -2.14. The standard InChI is InChI=1S/C22H26O6/c1-7-17(23)13(2)15-11-20(27-5)21(28-6)12-16(15)22(24)14-8-9-18(25-3)19(10-14)26-4/h8-13H,7H2,1-6H3. The lowest BCUT2D eigenvalue weighted by Gasteiger charge is -2.18. The molecule has 0 radical (unpaired) electrons. The number of hydrogen-bond acceptors (Lipinski definition) is 6. The van der Waals surface area contributed by atoms with E-state index < -0.39 is 5.92 Å². The van der Waals surface area contributed by atoms with Crippen molar-refractivity contribution in [3.63, 3.8) is 0 Å². The summed E-state index contributed by atoms with van der Waals surface area (Å²) < 4.78 is 21.3. The molecule has 0 amide bonds. The monoisotopic (exact) mass is 386 g/mol. The van der Waals surface area contributed by atoms with Gasteiger partial charge in [0.15, 0.2) is 28.8 Å². The number of rotatable bonds is 9. The van der Waals surface area contributed by atoms with Crippen molar-refractivity contribution in [2.45, 2.75) is 26.2 Å². The fourth-order valence-corrected chi connectivity index (χ4v) is 3.06. The summed E-state index contributed by atoms with van der Waals surface area (Å²) in [6.07, 6.45) is 0.375. The summed E-state index contributed by atoms with van der Waals surface area (Å²) in [7, 11) is 6.06. The third kappa shape index (κ3) is 4.11. The highest BCUT2D eigenvalue weighted by Crippen LogP contribution is 2.36. The number of carbonyl (C=O) groups excluding carboxylic acids is 2. The number of ketones is 2. The molecule has 0 aromatic heterocycles. The first-order valence-corrected chi connectivity index (χ1v) is 8.97. The molecule has 0 fully saturated rings. The Hall–Kier alpha value is -3.02. The lowest BCUT2D eigenvalue weighted by atomic mass is 9.87. The van der Waals surface area contributed by atoms with E-state index in [1.807, 2.05) is 0 Å². The third-order valence-corrected chi connectivity index (χ3v) is 4.74. The SMILES string of the molecule is CCC(=O)C(C)c1cc(OC)c(OC)cc1C(=O)c1ccc(OC)c(OC)c1. The van der Waals surface area contributed by atoms with Crippen molar-refractivity contribution in [1.82, 2.24) is 0 Å². The minimum absolute atomic E-state index is 0.0357. The van der Waals surface area contributed by atoms with Gasteiger partial charge in [0.2, 0.25) is 0 Å². The minimum atomic E-state index is -0.455. The molecule has 0 saturated carbocycles. The molecule has 0 aliphatic heterocycles. The van der Waals surface area contributed by atoms with Crippen LogP contribution in [-0.2, 0) is 4.79 Å². The zero-order valence-corrected chi connectivity index (χ0v) is 17.1. The van der Waals surface area contributed by atoms with Crippen LogP contribution in [-0.4, -0.2) is 40.0 Å². The summed E-state index contributed by atoms with van der Waals surface area (Å²) in [6.45, 7) is 3.59. The summed E-state index contributed by atoms with van der Waals surface area (Å²) in [5, 5.41) is 0. The fourth-order valence-electron chi connectivity index (χ4n) is 3.06. The number of hydrogen-bond donors (Lipinski definition) is 0. The molecule has 2 aromatic rings. The first kappa shape index (κ1) is 21.3. The maximum absolute atomic E-state index is 13.3. The molecular formula is C22H26O6. The van der Waals surface area contributed by atoms with Crippen molar-refractivity contribution < 1.29 is 28.5 Å². The van der Waals surface area contributed by atoms with Gasteiger partial charge in [-0.3, -0.25) is 9.59 Å². The second-order valence-electron chi connectivity index (χ2n) is 6.23. The van der Waals surface area contributed by atoms with Crippen LogP contribution in [0.5, 0.6) is 23.0 Å². The molecule has 0 N–H and O–H groups in total. The van der Waals surface area contributed by atoms with E-state index in [-0.39, 0.29) is 11.6 Å². The van der Waals surface area contributed by atoms with Crippen molar-refractivity contribution in [2.24, 2.45) is 0 Å². The second kappa shape index (κ2) is 9.26. The van der Waals surface area contributed by atoms with Crippen LogP contribution in [0.25, 0.3) is 0 Å². The van der Waals surface area contributed by atoms with Gasteiger partial charge in [-0.1, -0.05) is 13.8 Å². The van der Waals surface area contributed by atoms with Crippen LogP contribution < -0.4 is 18.9 Å². The summed E-state index contributed by atoms with van der Waals surface area (Å²) in [5.41, 5.74) is 1.41. The van der Waals surface area contributed by atoms with Gasteiger partial charge in [0, 0.05) is 23.5 Å². The summed E-state index contributed by atoms with van der Waals surface area (Å²) in [5.74, 6) is 1.21. The minimum Gasteiger partial charge on any atom is -0.493 e. The van der Waals surface area contributed by atoms with Crippen LogP contribution in [0.15, 0.2) is 30.3 Å². The molecule has 2 rings (SSSR count). The van der Waals surface area contributed by atoms with Crippen LogP contribution in [0.1, 0.15) is 47.7 Å². The van der Waals surface area contributed by atoms with Crippen molar-refractivity contribution in [1.29, 1.82) is 0 Å². The average molecular weight is 386 g/mol. The third-order valence-electron chi connectivity index (χ3n) is 4.74. The van der Waals surface area contributed by atoms with Gasteiger partial charge in [-0.25, -0.2) is 0 Å². The van der Waals surface area contributed by atoms with Crippen LogP contribution >= 0.6 is 0 Å². The number of carbonyl (C=O) groups is 2. The zero-order chi connectivity index (χ0) is 20.8. The van der Waals surface area contributed by atoms with Gasteiger partial charge < -0.3 is 18.9 Å². The molecule has 0 spiro atoms. The lowest BCUT2D eigenvalue weighted by molar-refractivity contribution is -0.119. The average Bonchev–Trinajstić information content (AvgIpc) is 2.75. The Kier molecular flexibility index (Phi) is 7.04. The molecule has 0 bridgehead atoms. The molecule has 28 heavy (non-hydrogen) atoms. The van der Waals surface area contributed by atoms with Crippen LogP contribution in [0.4, 0.5) is 0 Å². The number of Topliss-reactive ketones (excluding diaryl/α,β-unsaturated/α-hetero) is 1. The number of benzene rings is 2.